The topological polar surface area (TPSA) is 55.6 Å². The number of rotatable bonds is 2. The molecule has 4 heteroatoms. The normalized spacial score (nSPS) is 20.8. The van der Waals surface area contributed by atoms with E-state index in [1.807, 2.05) is 17.9 Å². The number of anilines is 1. The molecule has 1 fully saturated rings. The van der Waals surface area contributed by atoms with Crippen LogP contribution < -0.4 is 10.6 Å². The van der Waals surface area contributed by atoms with E-state index in [0.717, 1.165) is 37.1 Å². The monoisotopic (exact) mass is 274 g/mol. The summed E-state index contributed by atoms with van der Waals surface area (Å²) in [4.78, 5) is 14.6. The van der Waals surface area contributed by atoms with Gasteiger partial charge in [-0.3, -0.25) is 4.79 Å². The Balaban J connectivity index is 1.80. The van der Waals surface area contributed by atoms with Gasteiger partial charge in [-0.25, -0.2) is 0 Å². The molecule has 2 heterocycles. The minimum atomic E-state index is 0.0422. The predicted octanol–water partition coefficient (Wildman–Crippen LogP) is 2.02. The fourth-order valence-electron chi connectivity index (χ4n) is 3.10. The van der Waals surface area contributed by atoms with Crippen molar-refractivity contribution in [1.82, 2.24) is 0 Å². The van der Waals surface area contributed by atoms with E-state index in [0.29, 0.717) is 13.2 Å². The Kier molecular flexibility index (Phi) is 3.76. The van der Waals surface area contributed by atoms with Crippen LogP contribution in [0.3, 0.4) is 0 Å². The summed E-state index contributed by atoms with van der Waals surface area (Å²) in [5.74, 6) is 0.392. The second-order valence-corrected chi connectivity index (χ2v) is 5.80. The Morgan fingerprint density at radius 2 is 2.15 bits per heavy atom. The number of carbonyl (C=O) groups excluding carboxylic acids is 1. The zero-order valence-corrected chi connectivity index (χ0v) is 12.0. The van der Waals surface area contributed by atoms with Gasteiger partial charge in [0.15, 0.2) is 0 Å². The summed E-state index contributed by atoms with van der Waals surface area (Å²) >= 11 is 0. The van der Waals surface area contributed by atoms with Gasteiger partial charge in [0.2, 0.25) is 5.91 Å². The van der Waals surface area contributed by atoms with Gasteiger partial charge in [0.25, 0.3) is 0 Å². The smallest absolute Gasteiger partial charge is 0.230 e. The maximum absolute atomic E-state index is 12.6. The molecule has 0 aliphatic carbocycles. The summed E-state index contributed by atoms with van der Waals surface area (Å²) in [6.07, 6.45) is 2.63. The first kappa shape index (κ1) is 13.6. The van der Waals surface area contributed by atoms with E-state index in [1.54, 1.807) is 0 Å². The van der Waals surface area contributed by atoms with Crippen LogP contribution >= 0.6 is 0 Å². The fourth-order valence-corrected chi connectivity index (χ4v) is 3.10. The van der Waals surface area contributed by atoms with Gasteiger partial charge in [-0.2, -0.15) is 0 Å². The Labute approximate surface area is 119 Å². The van der Waals surface area contributed by atoms with Gasteiger partial charge in [0, 0.05) is 37.4 Å². The highest BCUT2D eigenvalue weighted by Gasteiger charge is 2.31. The van der Waals surface area contributed by atoms with Crippen LogP contribution in [-0.2, 0) is 16.0 Å². The van der Waals surface area contributed by atoms with Gasteiger partial charge in [-0.05, 0) is 43.4 Å². The number of ether oxygens (including phenoxy) is 1. The molecule has 0 unspecified atom stereocenters. The molecule has 0 radical (unpaired) electrons. The van der Waals surface area contributed by atoms with E-state index in [9.17, 15) is 4.79 Å². The standard InChI is InChI=1S/C16H22N2O2/c1-11(17)13-2-3-15-14(10-13)4-7-18(15)16(19)12-5-8-20-9-6-12/h2-3,10-12H,4-9,17H2,1H3/t11-/m0/s1. The molecular weight excluding hydrogens is 252 g/mol. The van der Waals surface area contributed by atoms with Crippen LogP contribution in [0.2, 0.25) is 0 Å². The van der Waals surface area contributed by atoms with Crippen LogP contribution in [0.15, 0.2) is 18.2 Å². The van der Waals surface area contributed by atoms with Gasteiger partial charge in [0.1, 0.15) is 0 Å². The number of carbonyl (C=O) groups is 1. The number of hydrogen-bond donors (Lipinski definition) is 1. The molecule has 1 aromatic rings. The first-order chi connectivity index (χ1) is 9.66. The molecule has 1 aromatic carbocycles. The van der Waals surface area contributed by atoms with Crippen LogP contribution in [-0.4, -0.2) is 25.7 Å². The van der Waals surface area contributed by atoms with E-state index >= 15 is 0 Å². The summed E-state index contributed by atoms with van der Waals surface area (Å²) in [5.41, 5.74) is 9.39. The lowest BCUT2D eigenvalue weighted by Gasteiger charge is -2.26. The van der Waals surface area contributed by atoms with E-state index in [2.05, 4.69) is 12.1 Å². The average Bonchev–Trinajstić information content (AvgIpc) is 2.90. The van der Waals surface area contributed by atoms with E-state index in [-0.39, 0.29) is 17.9 Å². The Morgan fingerprint density at radius 1 is 1.40 bits per heavy atom. The highest BCUT2D eigenvalue weighted by Crippen LogP contribution is 2.32. The maximum atomic E-state index is 12.6. The highest BCUT2D eigenvalue weighted by molar-refractivity contribution is 5.97. The van der Waals surface area contributed by atoms with E-state index in [1.165, 1.54) is 5.56 Å². The number of fused-ring (bicyclic) bond motifs is 1. The number of nitrogens with zero attached hydrogens (tertiary/aromatic N) is 1. The van der Waals surface area contributed by atoms with Gasteiger partial charge in [0.05, 0.1) is 0 Å². The van der Waals surface area contributed by atoms with Crippen molar-refractivity contribution >= 4 is 11.6 Å². The average molecular weight is 274 g/mol. The summed E-state index contributed by atoms with van der Waals surface area (Å²) in [7, 11) is 0. The molecule has 2 aliphatic rings. The first-order valence-electron chi connectivity index (χ1n) is 7.44. The minimum absolute atomic E-state index is 0.0422. The van der Waals surface area contributed by atoms with Gasteiger partial charge in [-0.15, -0.1) is 0 Å². The van der Waals surface area contributed by atoms with E-state index in [4.69, 9.17) is 10.5 Å². The number of nitrogens with two attached hydrogens (primary N) is 1. The summed E-state index contributed by atoms with van der Waals surface area (Å²) in [5, 5.41) is 0. The Hall–Kier alpha value is -1.39. The molecule has 108 valence electrons. The molecule has 1 amide bonds. The molecule has 2 N–H and O–H groups in total. The van der Waals surface area contributed by atoms with Gasteiger partial charge < -0.3 is 15.4 Å². The van der Waals surface area contributed by atoms with Crippen molar-refractivity contribution < 1.29 is 9.53 Å². The second kappa shape index (κ2) is 5.54. The molecule has 20 heavy (non-hydrogen) atoms. The molecule has 2 aliphatic heterocycles. The lowest BCUT2D eigenvalue weighted by atomic mass is 9.98. The highest BCUT2D eigenvalue weighted by atomic mass is 16.5. The molecule has 0 aromatic heterocycles. The quantitative estimate of drug-likeness (QED) is 0.897. The molecule has 3 rings (SSSR count). The van der Waals surface area contributed by atoms with Crippen molar-refractivity contribution in [3.63, 3.8) is 0 Å². The Morgan fingerprint density at radius 3 is 2.85 bits per heavy atom. The number of benzene rings is 1. The van der Waals surface area contributed by atoms with E-state index < -0.39 is 0 Å². The van der Waals surface area contributed by atoms with Crippen LogP contribution in [0.1, 0.15) is 36.9 Å². The second-order valence-electron chi connectivity index (χ2n) is 5.80. The largest absolute Gasteiger partial charge is 0.381 e. The summed E-state index contributed by atoms with van der Waals surface area (Å²) in [6, 6.07) is 6.29. The first-order valence-corrected chi connectivity index (χ1v) is 7.44. The Bertz CT molecular complexity index is 507. The molecule has 0 bridgehead atoms. The molecule has 1 saturated heterocycles. The molecule has 1 atom stereocenters. The van der Waals surface area contributed by atoms with Crippen molar-refractivity contribution in [1.29, 1.82) is 0 Å². The lowest BCUT2D eigenvalue weighted by molar-refractivity contribution is -0.125. The lowest BCUT2D eigenvalue weighted by Crippen LogP contribution is -2.37. The van der Waals surface area contributed by atoms with Crippen LogP contribution in [0.4, 0.5) is 5.69 Å². The van der Waals surface area contributed by atoms with Crippen molar-refractivity contribution in [2.75, 3.05) is 24.7 Å². The van der Waals surface area contributed by atoms with Gasteiger partial charge in [-0.1, -0.05) is 12.1 Å². The molecule has 0 spiro atoms. The molecular formula is C16H22N2O2. The number of amides is 1. The fraction of sp³-hybridized carbons (Fsp3) is 0.562. The van der Waals surface area contributed by atoms with Crippen molar-refractivity contribution in [3.05, 3.63) is 29.3 Å². The third-order valence-corrected chi connectivity index (χ3v) is 4.36. The number of hydrogen-bond acceptors (Lipinski definition) is 3. The predicted molar refractivity (Wildman–Crippen MR) is 78.6 cm³/mol. The third kappa shape index (κ3) is 2.45. The maximum Gasteiger partial charge on any atom is 0.230 e. The zero-order valence-electron chi connectivity index (χ0n) is 12.0. The SMILES string of the molecule is C[C@H](N)c1ccc2c(c1)CCN2C(=O)C1CCOCC1. The molecule has 0 saturated carbocycles. The molecule has 4 nitrogen and oxygen atoms in total. The van der Waals surface area contributed by atoms with Crippen LogP contribution in [0.25, 0.3) is 0 Å². The van der Waals surface area contributed by atoms with Crippen LogP contribution in [0.5, 0.6) is 0 Å². The summed E-state index contributed by atoms with van der Waals surface area (Å²) < 4.78 is 5.34. The summed E-state index contributed by atoms with van der Waals surface area (Å²) in [6.45, 7) is 4.21. The van der Waals surface area contributed by atoms with Crippen LogP contribution in [0, 0.1) is 5.92 Å². The van der Waals surface area contributed by atoms with Crippen molar-refractivity contribution in [2.24, 2.45) is 11.7 Å². The van der Waals surface area contributed by atoms with Crippen molar-refractivity contribution in [2.45, 2.75) is 32.2 Å². The zero-order chi connectivity index (χ0) is 14.1. The third-order valence-electron chi connectivity index (χ3n) is 4.36. The van der Waals surface area contributed by atoms with Gasteiger partial charge >= 0.3 is 0 Å². The minimum Gasteiger partial charge on any atom is -0.381 e. The van der Waals surface area contributed by atoms with Crippen molar-refractivity contribution in [3.8, 4) is 0 Å².